The van der Waals surface area contributed by atoms with Crippen molar-refractivity contribution in [1.82, 2.24) is 25.3 Å². The van der Waals surface area contributed by atoms with Gasteiger partial charge in [0.15, 0.2) is 6.10 Å². The summed E-state index contributed by atoms with van der Waals surface area (Å²) >= 11 is 0. The number of alkyl halides is 3. The third-order valence-electron chi connectivity index (χ3n) is 9.12. The lowest BCUT2D eigenvalue weighted by Gasteiger charge is -2.39. The van der Waals surface area contributed by atoms with E-state index in [2.05, 4.69) is 5.32 Å². The number of aliphatic hydroxyl groups is 1. The molecule has 0 aromatic rings. The quantitative estimate of drug-likeness (QED) is 0.373. The molecule has 0 radical (unpaired) electrons. The number of aliphatic hydroxyl groups excluding tert-OH is 1. The van der Waals surface area contributed by atoms with Crippen LogP contribution in [0.4, 0.5) is 13.2 Å². The summed E-state index contributed by atoms with van der Waals surface area (Å²) in [5.41, 5.74) is -1.45. The molecule has 6 atom stereocenters. The molecule has 2 unspecified atom stereocenters. The first-order chi connectivity index (χ1) is 18.9. The summed E-state index contributed by atoms with van der Waals surface area (Å²) < 4.78 is 39.3. The number of carbonyl (C=O) groups is 5. The Morgan fingerprint density at radius 2 is 1.66 bits per heavy atom. The summed E-state index contributed by atoms with van der Waals surface area (Å²) in [6.07, 6.45) is -5.12. The van der Waals surface area contributed by atoms with E-state index in [4.69, 9.17) is 0 Å². The van der Waals surface area contributed by atoms with Crippen molar-refractivity contribution in [3.8, 4) is 0 Å². The number of nitrogens with zero attached hydrogens (tertiary/aromatic N) is 3. The molecule has 0 aromatic carbocycles. The van der Waals surface area contributed by atoms with Gasteiger partial charge in [-0.1, -0.05) is 34.6 Å². The lowest BCUT2D eigenvalue weighted by atomic mass is 9.85. The molecular weight excluding hydrogens is 547 g/mol. The second kappa shape index (κ2) is 10.7. The van der Waals surface area contributed by atoms with E-state index in [1.54, 1.807) is 0 Å². The molecule has 1 aliphatic carbocycles. The standard InChI is InChI=1S/C27H40F3N5O6/c1-25(2,3)20(32-24(41)27(28,29)30)23(40)35-12-14-17(26(14,4)5)18(35)21(38)31-15(13-34-9-6-8-16(34)36)19(37)22(39)33-10-7-11-33/h14-15,17-20,37H,6-13H2,1-5H3,(H,31,38)(H,32,41)/t14-,15-,17-,18-,19?,20?/m0/s1. The van der Waals surface area contributed by atoms with Crippen LogP contribution in [-0.2, 0) is 24.0 Å². The van der Waals surface area contributed by atoms with Crippen LogP contribution in [0.15, 0.2) is 0 Å². The highest BCUT2D eigenvalue weighted by Gasteiger charge is 2.70. The molecule has 4 aliphatic rings. The Morgan fingerprint density at radius 3 is 2.15 bits per heavy atom. The Labute approximate surface area is 237 Å². The lowest BCUT2D eigenvalue weighted by Crippen LogP contribution is -2.63. The van der Waals surface area contributed by atoms with Crippen LogP contribution >= 0.6 is 0 Å². The van der Waals surface area contributed by atoms with Gasteiger partial charge < -0.3 is 30.4 Å². The molecule has 0 aromatic heterocycles. The number of rotatable bonds is 8. The third kappa shape index (κ3) is 6.02. The van der Waals surface area contributed by atoms with Gasteiger partial charge in [0.2, 0.25) is 17.7 Å². The summed E-state index contributed by atoms with van der Waals surface area (Å²) in [6, 6.07) is -3.82. The fraction of sp³-hybridized carbons (Fsp3) is 0.815. The monoisotopic (exact) mass is 587 g/mol. The van der Waals surface area contributed by atoms with Crippen LogP contribution in [0.5, 0.6) is 0 Å². The predicted molar refractivity (Wildman–Crippen MR) is 139 cm³/mol. The lowest BCUT2D eigenvalue weighted by molar-refractivity contribution is -0.176. The number of nitrogens with one attached hydrogen (secondary N) is 2. The number of hydrogen-bond acceptors (Lipinski definition) is 6. The van der Waals surface area contributed by atoms with Gasteiger partial charge in [0.05, 0.1) is 6.04 Å². The van der Waals surface area contributed by atoms with Gasteiger partial charge in [-0.25, -0.2) is 0 Å². The molecule has 4 rings (SSSR count). The van der Waals surface area contributed by atoms with Gasteiger partial charge in [-0.15, -0.1) is 0 Å². The minimum absolute atomic E-state index is 0.101. The van der Waals surface area contributed by atoms with Crippen molar-refractivity contribution in [3.63, 3.8) is 0 Å². The van der Waals surface area contributed by atoms with Crippen LogP contribution in [0.3, 0.4) is 0 Å². The Bertz CT molecular complexity index is 1100. The van der Waals surface area contributed by atoms with Crippen LogP contribution in [0.2, 0.25) is 0 Å². The number of piperidine rings is 1. The largest absolute Gasteiger partial charge is 0.471 e. The van der Waals surface area contributed by atoms with Crippen molar-refractivity contribution in [2.75, 3.05) is 32.7 Å². The van der Waals surface area contributed by atoms with Gasteiger partial charge in [-0.05, 0) is 35.5 Å². The molecule has 3 aliphatic heterocycles. The number of halogens is 3. The maximum absolute atomic E-state index is 13.9. The van der Waals surface area contributed by atoms with Gasteiger partial charge in [0.1, 0.15) is 12.1 Å². The molecule has 3 N–H and O–H groups in total. The fourth-order valence-corrected chi connectivity index (χ4v) is 6.36. The summed E-state index contributed by atoms with van der Waals surface area (Å²) in [6.45, 7) is 9.77. The maximum atomic E-state index is 13.9. The molecule has 14 heteroatoms. The first-order valence-corrected chi connectivity index (χ1v) is 14.1. The normalized spacial score (nSPS) is 27.5. The Morgan fingerprint density at radius 1 is 1.02 bits per heavy atom. The number of fused-ring (bicyclic) bond motifs is 1. The van der Waals surface area contributed by atoms with E-state index >= 15 is 0 Å². The number of hydrogen-bond donors (Lipinski definition) is 3. The SMILES string of the molecule is CC(C)(C)C(NC(=O)C(F)(F)F)C(=O)N1C[C@H]2[C@@H]([C@H]1C(=O)N[C@@H](CN1CCCC1=O)C(O)C(=O)N1CCC1)C2(C)C. The highest BCUT2D eigenvalue weighted by Crippen LogP contribution is 2.65. The van der Waals surface area contributed by atoms with E-state index in [-0.39, 0.29) is 36.2 Å². The molecule has 230 valence electrons. The number of amides is 5. The van der Waals surface area contributed by atoms with Gasteiger partial charge in [-0.2, -0.15) is 13.2 Å². The average molecular weight is 588 g/mol. The Balaban J connectivity index is 1.58. The second-order valence-corrected chi connectivity index (χ2v) is 13.3. The summed E-state index contributed by atoms with van der Waals surface area (Å²) in [5.74, 6) is -4.89. The van der Waals surface area contributed by atoms with E-state index in [1.165, 1.54) is 35.5 Å². The molecule has 3 heterocycles. The summed E-state index contributed by atoms with van der Waals surface area (Å²) in [5, 5.41) is 15.5. The van der Waals surface area contributed by atoms with Crippen LogP contribution in [0.25, 0.3) is 0 Å². The van der Waals surface area contributed by atoms with E-state index in [1.807, 2.05) is 19.2 Å². The molecule has 3 saturated heterocycles. The molecule has 5 amide bonds. The third-order valence-corrected chi connectivity index (χ3v) is 9.12. The molecule has 41 heavy (non-hydrogen) atoms. The zero-order chi connectivity index (χ0) is 30.7. The predicted octanol–water partition coefficient (Wildman–Crippen LogP) is 0.263. The van der Waals surface area contributed by atoms with Crippen molar-refractivity contribution in [2.45, 2.75) is 84.3 Å². The zero-order valence-electron chi connectivity index (χ0n) is 24.1. The Hall–Kier alpha value is -2.90. The van der Waals surface area contributed by atoms with Crippen molar-refractivity contribution < 1.29 is 42.3 Å². The van der Waals surface area contributed by atoms with Crippen molar-refractivity contribution in [2.24, 2.45) is 22.7 Å². The van der Waals surface area contributed by atoms with Crippen molar-refractivity contribution in [1.29, 1.82) is 0 Å². The van der Waals surface area contributed by atoms with Gasteiger partial charge >= 0.3 is 12.1 Å². The van der Waals surface area contributed by atoms with E-state index in [0.29, 0.717) is 32.5 Å². The molecule has 4 fully saturated rings. The van der Waals surface area contributed by atoms with Crippen LogP contribution in [0, 0.1) is 22.7 Å². The minimum atomic E-state index is -5.20. The number of carbonyl (C=O) groups excluding carboxylic acids is 5. The summed E-state index contributed by atoms with van der Waals surface area (Å²) in [4.78, 5) is 68.8. The van der Waals surface area contributed by atoms with Crippen LogP contribution in [-0.4, -0.2) is 112 Å². The summed E-state index contributed by atoms with van der Waals surface area (Å²) in [7, 11) is 0. The molecule has 1 saturated carbocycles. The van der Waals surface area contributed by atoms with E-state index < -0.39 is 59.4 Å². The zero-order valence-corrected chi connectivity index (χ0v) is 24.1. The molecule has 11 nitrogen and oxygen atoms in total. The van der Waals surface area contributed by atoms with Crippen LogP contribution < -0.4 is 10.6 Å². The van der Waals surface area contributed by atoms with Gasteiger partial charge in [0.25, 0.3) is 5.91 Å². The molecular formula is C27H40F3N5O6. The number of likely N-dealkylation sites (tertiary alicyclic amines) is 3. The molecule has 0 bridgehead atoms. The Kier molecular flexibility index (Phi) is 8.13. The fourth-order valence-electron chi connectivity index (χ4n) is 6.36. The maximum Gasteiger partial charge on any atom is 0.471 e. The average Bonchev–Trinajstić information content (AvgIpc) is 3.16. The smallest absolute Gasteiger partial charge is 0.381 e. The highest BCUT2D eigenvalue weighted by atomic mass is 19.4. The topological polar surface area (TPSA) is 139 Å². The van der Waals surface area contributed by atoms with Crippen LogP contribution in [0.1, 0.15) is 53.9 Å². The highest BCUT2D eigenvalue weighted by molar-refractivity contribution is 5.95. The van der Waals surface area contributed by atoms with Gasteiger partial charge in [0, 0.05) is 39.1 Å². The van der Waals surface area contributed by atoms with E-state index in [9.17, 15) is 42.3 Å². The first-order valence-electron chi connectivity index (χ1n) is 14.1. The van der Waals surface area contributed by atoms with E-state index in [0.717, 1.165) is 6.42 Å². The van der Waals surface area contributed by atoms with Crippen molar-refractivity contribution in [3.05, 3.63) is 0 Å². The second-order valence-electron chi connectivity index (χ2n) is 13.3. The molecule has 0 spiro atoms. The minimum Gasteiger partial charge on any atom is -0.381 e. The van der Waals surface area contributed by atoms with Crippen molar-refractivity contribution >= 4 is 29.5 Å². The first kappa shape index (κ1) is 31.0. The van der Waals surface area contributed by atoms with Gasteiger partial charge in [-0.3, -0.25) is 24.0 Å².